The number of nitrogens with zero attached hydrogens (tertiary/aromatic N) is 1. The number of sulfonamides is 1. The van der Waals surface area contributed by atoms with Crippen molar-refractivity contribution in [2.45, 2.75) is 24.3 Å². The molecule has 0 aliphatic carbocycles. The smallest absolute Gasteiger partial charge is 0.262 e. The minimum Gasteiger partial charge on any atom is -0.493 e. The van der Waals surface area contributed by atoms with Crippen LogP contribution in [0.5, 0.6) is 17.2 Å². The van der Waals surface area contributed by atoms with Gasteiger partial charge in [-0.05, 0) is 44.2 Å². The molecule has 0 spiro atoms. The maximum Gasteiger partial charge on any atom is 0.262 e. The number of hydrogen-bond donors (Lipinski definition) is 1. The zero-order valence-corrected chi connectivity index (χ0v) is 21.7. The Hall–Kier alpha value is -2.94. The fourth-order valence-electron chi connectivity index (χ4n) is 4.16. The molecule has 7 nitrogen and oxygen atoms in total. The molecule has 1 aliphatic heterocycles. The lowest BCUT2D eigenvalue weighted by Crippen LogP contribution is -2.21. The third-order valence-corrected chi connectivity index (χ3v) is 7.66. The molecule has 0 bridgehead atoms. The summed E-state index contributed by atoms with van der Waals surface area (Å²) in [6, 6.07) is 15.6. The number of aryl methyl sites for hydroxylation is 1. The van der Waals surface area contributed by atoms with Crippen molar-refractivity contribution in [2.24, 2.45) is 0 Å². The van der Waals surface area contributed by atoms with Gasteiger partial charge >= 0.3 is 0 Å². The maximum absolute atomic E-state index is 13.6. The highest BCUT2D eigenvalue weighted by Crippen LogP contribution is 2.39. The summed E-state index contributed by atoms with van der Waals surface area (Å²) in [5.74, 6) is 1.19. The van der Waals surface area contributed by atoms with Crippen molar-refractivity contribution >= 4 is 27.3 Å². The summed E-state index contributed by atoms with van der Waals surface area (Å²) in [6.07, 6.45) is 0.886. The van der Waals surface area contributed by atoms with Crippen LogP contribution in [0.3, 0.4) is 0 Å². The Kier molecular flexibility index (Phi) is 7.44. The first kappa shape index (κ1) is 25.2. The van der Waals surface area contributed by atoms with Crippen LogP contribution in [0, 0.1) is 6.92 Å². The molecule has 35 heavy (non-hydrogen) atoms. The summed E-state index contributed by atoms with van der Waals surface area (Å²) in [5.41, 5.74) is 2.60. The average Bonchev–Trinajstić information content (AvgIpc) is 3.24. The van der Waals surface area contributed by atoms with Gasteiger partial charge < -0.3 is 19.1 Å². The standard InChI is InChI=1S/C26H29ClN2O5S/c1-17-6-5-7-18(12-17)21-14-24(32-3)25(33-4)15-26(21)35(30,31)28-19-8-9-22(27)23(13-19)34-20-10-11-29(2)16-20/h5-9,12-15,20,28H,10-11,16H2,1-4H3. The first-order chi connectivity index (χ1) is 16.7. The molecule has 0 amide bonds. The molecule has 1 atom stereocenters. The molecule has 1 heterocycles. The second kappa shape index (κ2) is 10.4. The summed E-state index contributed by atoms with van der Waals surface area (Å²) in [6.45, 7) is 3.68. The Morgan fingerprint density at radius 1 is 1.00 bits per heavy atom. The summed E-state index contributed by atoms with van der Waals surface area (Å²) in [5, 5.41) is 0.425. The van der Waals surface area contributed by atoms with Crippen LogP contribution in [0.1, 0.15) is 12.0 Å². The van der Waals surface area contributed by atoms with Crippen LogP contribution in [-0.2, 0) is 10.0 Å². The normalized spacial score (nSPS) is 16.2. The van der Waals surface area contributed by atoms with E-state index in [0.717, 1.165) is 30.6 Å². The number of benzene rings is 3. The Morgan fingerprint density at radius 2 is 1.74 bits per heavy atom. The number of likely N-dealkylation sites (N-methyl/N-ethyl adjacent to an activating group) is 1. The quantitative estimate of drug-likeness (QED) is 0.442. The van der Waals surface area contributed by atoms with Crippen LogP contribution >= 0.6 is 11.6 Å². The molecule has 3 aromatic carbocycles. The highest BCUT2D eigenvalue weighted by Gasteiger charge is 2.25. The second-order valence-corrected chi connectivity index (χ2v) is 10.7. The largest absolute Gasteiger partial charge is 0.493 e. The Bertz CT molecular complexity index is 1330. The molecule has 4 rings (SSSR count). The van der Waals surface area contributed by atoms with E-state index in [1.54, 1.807) is 24.3 Å². The van der Waals surface area contributed by atoms with Crippen molar-refractivity contribution in [2.75, 3.05) is 39.1 Å². The van der Waals surface area contributed by atoms with Crippen LogP contribution in [0.2, 0.25) is 5.02 Å². The van der Waals surface area contributed by atoms with E-state index in [2.05, 4.69) is 9.62 Å². The SMILES string of the molecule is COc1cc(-c2cccc(C)c2)c(S(=O)(=O)Nc2ccc(Cl)c(OC3CCN(C)C3)c2)cc1OC. The van der Waals surface area contributed by atoms with E-state index in [9.17, 15) is 8.42 Å². The summed E-state index contributed by atoms with van der Waals surface area (Å²) in [4.78, 5) is 2.24. The van der Waals surface area contributed by atoms with E-state index in [-0.39, 0.29) is 11.0 Å². The number of anilines is 1. The number of rotatable bonds is 8. The molecule has 1 fully saturated rings. The van der Waals surface area contributed by atoms with Gasteiger partial charge in [0.15, 0.2) is 11.5 Å². The highest BCUT2D eigenvalue weighted by molar-refractivity contribution is 7.92. The fourth-order valence-corrected chi connectivity index (χ4v) is 5.60. The Morgan fingerprint density at radius 3 is 2.40 bits per heavy atom. The van der Waals surface area contributed by atoms with Crippen LogP contribution < -0.4 is 18.9 Å². The van der Waals surface area contributed by atoms with Gasteiger partial charge in [-0.25, -0.2) is 8.42 Å². The molecule has 1 aliphatic rings. The van der Waals surface area contributed by atoms with Crippen molar-refractivity contribution < 1.29 is 22.6 Å². The molecule has 186 valence electrons. The maximum atomic E-state index is 13.6. The van der Waals surface area contributed by atoms with Crippen molar-refractivity contribution in [3.8, 4) is 28.4 Å². The van der Waals surface area contributed by atoms with Crippen molar-refractivity contribution in [1.82, 2.24) is 4.90 Å². The highest BCUT2D eigenvalue weighted by atomic mass is 35.5. The number of methoxy groups -OCH3 is 2. The summed E-state index contributed by atoms with van der Waals surface area (Å²) in [7, 11) is 0.997. The third kappa shape index (κ3) is 5.66. The van der Waals surface area contributed by atoms with Crippen LogP contribution in [0.25, 0.3) is 11.1 Å². The van der Waals surface area contributed by atoms with Gasteiger partial charge in [-0.2, -0.15) is 0 Å². The van der Waals surface area contributed by atoms with Gasteiger partial charge in [0.2, 0.25) is 0 Å². The lowest BCUT2D eigenvalue weighted by molar-refractivity contribution is 0.208. The van der Waals surface area contributed by atoms with E-state index in [1.807, 2.05) is 38.2 Å². The number of halogens is 1. The van der Waals surface area contributed by atoms with Crippen LogP contribution in [0.15, 0.2) is 59.5 Å². The number of hydrogen-bond acceptors (Lipinski definition) is 6. The van der Waals surface area contributed by atoms with Crippen LogP contribution in [0.4, 0.5) is 5.69 Å². The van der Waals surface area contributed by atoms with Crippen molar-refractivity contribution in [1.29, 1.82) is 0 Å². The van der Waals surface area contributed by atoms with Gasteiger partial charge in [0.05, 0.1) is 29.8 Å². The lowest BCUT2D eigenvalue weighted by Gasteiger charge is -2.18. The minimum atomic E-state index is -4.02. The van der Waals surface area contributed by atoms with Gasteiger partial charge in [0.25, 0.3) is 10.0 Å². The molecule has 1 unspecified atom stereocenters. The molecule has 0 radical (unpaired) electrons. The molecule has 1 saturated heterocycles. The lowest BCUT2D eigenvalue weighted by atomic mass is 10.0. The molecular weight excluding hydrogens is 488 g/mol. The van der Waals surface area contributed by atoms with Crippen molar-refractivity contribution in [3.63, 3.8) is 0 Å². The first-order valence-electron chi connectivity index (χ1n) is 11.2. The molecule has 0 saturated carbocycles. The number of likely N-dealkylation sites (tertiary alicyclic amines) is 1. The molecule has 9 heteroatoms. The van der Waals surface area contributed by atoms with E-state index in [4.69, 9.17) is 25.8 Å². The number of ether oxygens (including phenoxy) is 3. The minimum absolute atomic E-state index is 0.00290. The fraction of sp³-hybridized carbons (Fsp3) is 0.308. The molecule has 3 aromatic rings. The summed E-state index contributed by atoms with van der Waals surface area (Å²) >= 11 is 6.35. The monoisotopic (exact) mass is 516 g/mol. The van der Waals surface area contributed by atoms with Gasteiger partial charge in [0.1, 0.15) is 11.9 Å². The van der Waals surface area contributed by atoms with E-state index >= 15 is 0 Å². The summed E-state index contributed by atoms with van der Waals surface area (Å²) < 4.78 is 46.9. The van der Waals surface area contributed by atoms with Gasteiger partial charge in [-0.1, -0.05) is 41.4 Å². The average molecular weight is 517 g/mol. The topological polar surface area (TPSA) is 77.1 Å². The molecule has 0 aromatic heterocycles. The first-order valence-corrected chi connectivity index (χ1v) is 13.1. The zero-order valence-electron chi connectivity index (χ0n) is 20.2. The third-order valence-electron chi connectivity index (χ3n) is 5.93. The Balaban J connectivity index is 1.72. The number of nitrogens with one attached hydrogen (secondary N) is 1. The zero-order chi connectivity index (χ0) is 25.2. The van der Waals surface area contributed by atoms with Crippen molar-refractivity contribution in [3.05, 3.63) is 65.2 Å². The van der Waals surface area contributed by atoms with E-state index in [1.165, 1.54) is 20.3 Å². The second-order valence-electron chi connectivity index (χ2n) is 8.61. The molecular formula is C26H29ClN2O5S. The predicted octanol–water partition coefficient (Wildman–Crippen LogP) is 5.22. The molecule has 1 N–H and O–H groups in total. The van der Waals surface area contributed by atoms with Gasteiger partial charge in [-0.15, -0.1) is 0 Å². The van der Waals surface area contributed by atoms with Crippen LogP contribution in [-0.4, -0.2) is 53.8 Å². The van der Waals surface area contributed by atoms with Gasteiger partial charge in [-0.3, -0.25) is 4.72 Å². The van der Waals surface area contributed by atoms with E-state index in [0.29, 0.717) is 33.5 Å². The van der Waals surface area contributed by atoms with E-state index < -0.39 is 10.0 Å². The van der Waals surface area contributed by atoms with Gasteiger partial charge in [0, 0.05) is 30.8 Å². The predicted molar refractivity (Wildman–Crippen MR) is 139 cm³/mol. The Labute approximate surface area is 211 Å².